The highest BCUT2D eigenvalue weighted by Gasteiger charge is 2.06. The molecule has 0 aliphatic rings. The standard InChI is InChI=1S/C13H15N3OS/c1-9-8-18-12(16-9)7-15-13(17)11-4-2-10(6-14)3-5-11/h2-5,8H,6-7,14H2,1H3,(H,15,17). The van der Waals surface area contributed by atoms with Crippen molar-refractivity contribution in [1.82, 2.24) is 10.3 Å². The van der Waals surface area contributed by atoms with Gasteiger partial charge in [-0.2, -0.15) is 0 Å². The number of thiazole rings is 1. The lowest BCUT2D eigenvalue weighted by atomic mass is 10.1. The minimum absolute atomic E-state index is 0.0913. The SMILES string of the molecule is Cc1csc(CNC(=O)c2ccc(CN)cc2)n1. The molecule has 1 aromatic heterocycles. The highest BCUT2D eigenvalue weighted by molar-refractivity contribution is 7.09. The number of hydrogen-bond acceptors (Lipinski definition) is 4. The average Bonchev–Trinajstić information content (AvgIpc) is 2.82. The predicted octanol–water partition coefficient (Wildman–Crippen LogP) is 1.84. The van der Waals surface area contributed by atoms with E-state index in [-0.39, 0.29) is 5.91 Å². The summed E-state index contributed by atoms with van der Waals surface area (Å²) in [5.74, 6) is -0.0913. The number of benzene rings is 1. The van der Waals surface area contributed by atoms with Gasteiger partial charge in [-0.15, -0.1) is 11.3 Å². The van der Waals surface area contributed by atoms with Crippen LogP contribution in [-0.2, 0) is 13.1 Å². The molecule has 0 atom stereocenters. The van der Waals surface area contributed by atoms with E-state index in [4.69, 9.17) is 5.73 Å². The molecule has 3 N–H and O–H groups in total. The minimum Gasteiger partial charge on any atom is -0.346 e. The Labute approximate surface area is 110 Å². The summed E-state index contributed by atoms with van der Waals surface area (Å²) in [6.45, 7) is 2.89. The van der Waals surface area contributed by atoms with E-state index >= 15 is 0 Å². The van der Waals surface area contributed by atoms with Crippen molar-refractivity contribution in [2.75, 3.05) is 0 Å². The van der Waals surface area contributed by atoms with Crippen LogP contribution in [0.2, 0.25) is 0 Å². The first-order valence-corrected chi connectivity index (χ1v) is 6.55. The van der Waals surface area contributed by atoms with Gasteiger partial charge in [0.05, 0.1) is 6.54 Å². The molecule has 0 spiro atoms. The molecule has 0 unspecified atom stereocenters. The molecule has 1 heterocycles. The zero-order valence-electron chi connectivity index (χ0n) is 10.1. The number of nitrogens with two attached hydrogens (primary N) is 1. The molecule has 18 heavy (non-hydrogen) atoms. The predicted molar refractivity (Wildman–Crippen MR) is 72.4 cm³/mol. The van der Waals surface area contributed by atoms with E-state index in [1.165, 1.54) is 0 Å². The van der Waals surface area contributed by atoms with Crippen molar-refractivity contribution < 1.29 is 4.79 Å². The highest BCUT2D eigenvalue weighted by Crippen LogP contribution is 2.09. The van der Waals surface area contributed by atoms with E-state index in [0.717, 1.165) is 16.3 Å². The summed E-state index contributed by atoms with van der Waals surface area (Å²) in [5.41, 5.74) is 8.14. The number of aryl methyl sites for hydroxylation is 1. The fraction of sp³-hybridized carbons (Fsp3) is 0.231. The van der Waals surface area contributed by atoms with Gasteiger partial charge in [-0.1, -0.05) is 12.1 Å². The Morgan fingerprint density at radius 2 is 2.11 bits per heavy atom. The number of rotatable bonds is 4. The first-order chi connectivity index (χ1) is 8.69. The Hall–Kier alpha value is -1.72. The average molecular weight is 261 g/mol. The van der Waals surface area contributed by atoms with Crippen molar-refractivity contribution in [2.45, 2.75) is 20.0 Å². The first-order valence-electron chi connectivity index (χ1n) is 5.67. The molecule has 1 amide bonds. The molecule has 5 heteroatoms. The van der Waals surface area contributed by atoms with E-state index < -0.39 is 0 Å². The van der Waals surface area contributed by atoms with Gasteiger partial charge in [-0.3, -0.25) is 4.79 Å². The number of nitrogens with zero attached hydrogens (tertiary/aromatic N) is 1. The van der Waals surface area contributed by atoms with Crippen LogP contribution >= 0.6 is 11.3 Å². The Morgan fingerprint density at radius 3 is 2.67 bits per heavy atom. The molecule has 0 fully saturated rings. The third-order valence-electron chi connectivity index (χ3n) is 2.52. The van der Waals surface area contributed by atoms with Crippen LogP contribution in [0.3, 0.4) is 0 Å². The summed E-state index contributed by atoms with van der Waals surface area (Å²) < 4.78 is 0. The summed E-state index contributed by atoms with van der Waals surface area (Å²) in [6, 6.07) is 7.29. The zero-order chi connectivity index (χ0) is 13.0. The molecule has 0 bridgehead atoms. The van der Waals surface area contributed by atoms with Crippen LogP contribution < -0.4 is 11.1 Å². The van der Waals surface area contributed by atoms with E-state index in [0.29, 0.717) is 18.7 Å². The van der Waals surface area contributed by atoms with Crippen LogP contribution in [0.25, 0.3) is 0 Å². The normalized spacial score (nSPS) is 10.3. The van der Waals surface area contributed by atoms with Crippen molar-refractivity contribution in [3.05, 3.63) is 51.5 Å². The second kappa shape index (κ2) is 5.75. The molecule has 0 saturated heterocycles. The molecule has 0 aliphatic heterocycles. The molecule has 1 aromatic carbocycles. The van der Waals surface area contributed by atoms with Crippen molar-refractivity contribution >= 4 is 17.2 Å². The Balaban J connectivity index is 1.94. The maximum absolute atomic E-state index is 11.9. The lowest BCUT2D eigenvalue weighted by Gasteiger charge is -2.04. The van der Waals surface area contributed by atoms with Crippen LogP contribution in [-0.4, -0.2) is 10.9 Å². The maximum Gasteiger partial charge on any atom is 0.251 e. The topological polar surface area (TPSA) is 68.0 Å². The van der Waals surface area contributed by atoms with E-state index in [9.17, 15) is 4.79 Å². The van der Waals surface area contributed by atoms with Crippen LogP contribution in [0.5, 0.6) is 0 Å². The lowest BCUT2D eigenvalue weighted by molar-refractivity contribution is 0.0951. The summed E-state index contributed by atoms with van der Waals surface area (Å²) in [4.78, 5) is 16.1. The van der Waals surface area contributed by atoms with Gasteiger partial charge >= 0.3 is 0 Å². The van der Waals surface area contributed by atoms with Gasteiger partial charge in [0.1, 0.15) is 5.01 Å². The monoisotopic (exact) mass is 261 g/mol. The Morgan fingerprint density at radius 1 is 1.39 bits per heavy atom. The van der Waals surface area contributed by atoms with Crippen molar-refractivity contribution in [1.29, 1.82) is 0 Å². The van der Waals surface area contributed by atoms with Gasteiger partial charge in [0.2, 0.25) is 0 Å². The second-order valence-corrected chi connectivity index (χ2v) is 4.91. The minimum atomic E-state index is -0.0913. The molecule has 0 aliphatic carbocycles. The number of hydrogen-bond donors (Lipinski definition) is 2. The molecule has 4 nitrogen and oxygen atoms in total. The fourth-order valence-electron chi connectivity index (χ4n) is 1.53. The highest BCUT2D eigenvalue weighted by atomic mass is 32.1. The van der Waals surface area contributed by atoms with Gasteiger partial charge in [0.25, 0.3) is 5.91 Å². The summed E-state index contributed by atoms with van der Waals surface area (Å²) in [6.07, 6.45) is 0. The lowest BCUT2D eigenvalue weighted by Crippen LogP contribution is -2.22. The van der Waals surface area contributed by atoms with E-state index in [1.807, 2.05) is 24.4 Å². The number of carbonyl (C=O) groups is 1. The third-order valence-corrected chi connectivity index (χ3v) is 3.49. The Kier molecular flexibility index (Phi) is 4.07. The molecule has 0 saturated carbocycles. The van der Waals surface area contributed by atoms with Crippen LogP contribution in [0.4, 0.5) is 0 Å². The molecule has 94 valence electrons. The van der Waals surface area contributed by atoms with Crippen LogP contribution in [0.15, 0.2) is 29.6 Å². The van der Waals surface area contributed by atoms with Gasteiger partial charge in [-0.25, -0.2) is 4.98 Å². The van der Waals surface area contributed by atoms with E-state index in [1.54, 1.807) is 23.5 Å². The zero-order valence-corrected chi connectivity index (χ0v) is 11.0. The molecule has 2 aromatic rings. The van der Waals surface area contributed by atoms with Gasteiger partial charge in [0, 0.05) is 23.2 Å². The van der Waals surface area contributed by atoms with E-state index in [2.05, 4.69) is 10.3 Å². The summed E-state index contributed by atoms with van der Waals surface area (Å²) in [7, 11) is 0. The third kappa shape index (κ3) is 3.15. The number of nitrogens with one attached hydrogen (secondary N) is 1. The number of carbonyl (C=O) groups excluding carboxylic acids is 1. The molecular weight excluding hydrogens is 246 g/mol. The summed E-state index contributed by atoms with van der Waals surface area (Å²) in [5, 5.41) is 5.73. The smallest absolute Gasteiger partial charge is 0.251 e. The molecule has 0 radical (unpaired) electrons. The second-order valence-electron chi connectivity index (χ2n) is 3.97. The van der Waals surface area contributed by atoms with Crippen molar-refractivity contribution in [2.24, 2.45) is 5.73 Å². The quantitative estimate of drug-likeness (QED) is 0.882. The van der Waals surface area contributed by atoms with Crippen LogP contribution in [0, 0.1) is 6.92 Å². The number of amides is 1. The van der Waals surface area contributed by atoms with Gasteiger partial charge in [-0.05, 0) is 24.6 Å². The van der Waals surface area contributed by atoms with Crippen molar-refractivity contribution in [3.8, 4) is 0 Å². The largest absolute Gasteiger partial charge is 0.346 e. The fourth-order valence-corrected chi connectivity index (χ4v) is 2.25. The summed E-state index contributed by atoms with van der Waals surface area (Å²) >= 11 is 1.55. The maximum atomic E-state index is 11.9. The first kappa shape index (κ1) is 12.7. The Bertz CT molecular complexity index is 533. The molecular formula is C13H15N3OS. The van der Waals surface area contributed by atoms with Crippen LogP contribution in [0.1, 0.15) is 26.6 Å². The van der Waals surface area contributed by atoms with Gasteiger partial charge < -0.3 is 11.1 Å². The van der Waals surface area contributed by atoms with Crippen molar-refractivity contribution in [3.63, 3.8) is 0 Å². The molecule has 2 rings (SSSR count). The number of aromatic nitrogens is 1. The van der Waals surface area contributed by atoms with Gasteiger partial charge in [0.15, 0.2) is 0 Å².